The second kappa shape index (κ2) is 9.46. The Bertz CT molecular complexity index is 1320. The number of primary sulfonamides is 1. The molecule has 3 aromatic rings. The molecule has 1 aromatic heterocycles. The van der Waals surface area contributed by atoms with Crippen LogP contribution in [0.4, 0.5) is 4.39 Å². The summed E-state index contributed by atoms with van der Waals surface area (Å²) in [6.07, 6.45) is 2.91. The van der Waals surface area contributed by atoms with Gasteiger partial charge in [-0.3, -0.25) is 10.0 Å². The van der Waals surface area contributed by atoms with Gasteiger partial charge in [-0.15, -0.1) is 0 Å². The summed E-state index contributed by atoms with van der Waals surface area (Å²) in [6.45, 7) is 0. The maximum Gasteiger partial charge on any atom is 0.249 e. The number of hydrogen-bond donors (Lipinski definition) is 2. The van der Waals surface area contributed by atoms with Crippen LogP contribution in [0.1, 0.15) is 37.5 Å². The minimum absolute atomic E-state index is 0.0636. The van der Waals surface area contributed by atoms with Gasteiger partial charge in [-0.1, -0.05) is 24.4 Å². The first-order valence-electron chi connectivity index (χ1n) is 10.6. The van der Waals surface area contributed by atoms with Crippen LogP contribution in [0.5, 0.6) is 0 Å². The minimum Gasteiger partial charge on any atom is -0.440 e. The topological polar surface area (TPSA) is 127 Å². The molecule has 0 saturated heterocycles. The fourth-order valence-electron chi connectivity index (χ4n) is 4.29. The Kier molecular flexibility index (Phi) is 6.77. The summed E-state index contributed by atoms with van der Waals surface area (Å²) in [4.78, 5) is 17.2. The number of hydroxylamine groups is 2. The van der Waals surface area contributed by atoms with Gasteiger partial charge in [0, 0.05) is 24.1 Å². The van der Waals surface area contributed by atoms with Crippen LogP contribution in [0.25, 0.3) is 22.6 Å². The smallest absolute Gasteiger partial charge is 0.249 e. The van der Waals surface area contributed by atoms with Gasteiger partial charge in [0.25, 0.3) is 0 Å². The number of halogens is 2. The van der Waals surface area contributed by atoms with Gasteiger partial charge in [0.15, 0.2) is 11.7 Å². The molecular formula is C23H23ClFN3O5S. The lowest BCUT2D eigenvalue weighted by Gasteiger charge is -2.29. The van der Waals surface area contributed by atoms with E-state index in [2.05, 4.69) is 4.98 Å². The van der Waals surface area contributed by atoms with Crippen molar-refractivity contribution in [2.75, 3.05) is 7.05 Å². The molecule has 1 heterocycles. The molecule has 34 heavy (non-hydrogen) atoms. The molecule has 180 valence electrons. The first-order valence-corrected chi connectivity index (χ1v) is 12.5. The lowest BCUT2D eigenvalue weighted by molar-refractivity contribution is -0.166. The predicted molar refractivity (Wildman–Crippen MR) is 123 cm³/mol. The van der Waals surface area contributed by atoms with E-state index in [0.29, 0.717) is 46.4 Å². The number of benzene rings is 2. The number of carbonyl (C=O) groups excluding carboxylic acids is 1. The zero-order chi connectivity index (χ0) is 24.6. The van der Waals surface area contributed by atoms with Crippen molar-refractivity contribution in [1.29, 1.82) is 0 Å². The molecule has 1 amide bonds. The highest BCUT2D eigenvalue weighted by Gasteiger charge is 2.37. The van der Waals surface area contributed by atoms with Gasteiger partial charge < -0.3 is 4.42 Å². The molecule has 3 N–H and O–H groups in total. The quantitative estimate of drug-likeness (QED) is 0.384. The van der Waals surface area contributed by atoms with Crippen molar-refractivity contribution in [2.45, 2.75) is 36.5 Å². The maximum absolute atomic E-state index is 13.8. The van der Waals surface area contributed by atoms with Crippen LogP contribution >= 0.6 is 11.6 Å². The summed E-state index contributed by atoms with van der Waals surface area (Å²) in [7, 11) is -2.60. The Balaban J connectivity index is 1.84. The molecule has 2 unspecified atom stereocenters. The van der Waals surface area contributed by atoms with Crippen LogP contribution in [0.3, 0.4) is 0 Å². The van der Waals surface area contributed by atoms with E-state index < -0.39 is 27.7 Å². The highest BCUT2D eigenvalue weighted by Crippen LogP contribution is 2.42. The molecule has 0 bridgehead atoms. The van der Waals surface area contributed by atoms with Crippen molar-refractivity contribution in [2.24, 2.45) is 11.1 Å². The number of amides is 1. The van der Waals surface area contributed by atoms with Crippen LogP contribution < -0.4 is 5.14 Å². The SMILES string of the molecule is CN(O)C(=O)C1CCCCC1c1nc(-c2ccc(F)c(Cl)c2)c(-c2ccc(S(N)(=O)=O)cc2)o1. The average molecular weight is 508 g/mol. The van der Waals surface area contributed by atoms with Gasteiger partial charge in [0.05, 0.1) is 15.8 Å². The van der Waals surface area contributed by atoms with E-state index in [4.69, 9.17) is 21.2 Å². The van der Waals surface area contributed by atoms with E-state index in [9.17, 15) is 22.8 Å². The van der Waals surface area contributed by atoms with Gasteiger partial charge in [-0.25, -0.2) is 28.0 Å². The number of hydrogen-bond acceptors (Lipinski definition) is 6. The summed E-state index contributed by atoms with van der Waals surface area (Å²) < 4.78 is 43.2. The predicted octanol–water partition coefficient (Wildman–Crippen LogP) is 4.57. The highest BCUT2D eigenvalue weighted by atomic mass is 35.5. The van der Waals surface area contributed by atoms with Crippen LogP contribution in [0, 0.1) is 11.7 Å². The monoisotopic (exact) mass is 507 g/mol. The molecule has 8 nitrogen and oxygen atoms in total. The standard InChI is InChI=1S/C23H23ClFN3O5S/c1-28(30)23(29)17-5-3-2-4-16(17)22-27-20(14-8-11-19(25)18(24)12-14)21(33-22)13-6-9-15(10-7-13)34(26,31)32/h6-12,16-17,30H,2-5H2,1H3,(H2,26,31,32). The van der Waals surface area contributed by atoms with Gasteiger partial charge >= 0.3 is 0 Å². The Morgan fingerprint density at radius 2 is 1.82 bits per heavy atom. The summed E-state index contributed by atoms with van der Waals surface area (Å²) in [6, 6.07) is 9.91. The van der Waals surface area contributed by atoms with E-state index in [1.165, 1.54) is 49.5 Å². The van der Waals surface area contributed by atoms with Gasteiger partial charge in [-0.2, -0.15) is 0 Å². The third-order valence-electron chi connectivity index (χ3n) is 6.00. The van der Waals surface area contributed by atoms with Crippen molar-refractivity contribution in [3.05, 3.63) is 59.2 Å². The van der Waals surface area contributed by atoms with Crippen molar-refractivity contribution < 1.29 is 27.2 Å². The molecule has 1 fully saturated rings. The van der Waals surface area contributed by atoms with E-state index in [1.54, 1.807) is 0 Å². The molecule has 4 rings (SSSR count). The molecule has 0 radical (unpaired) electrons. The number of sulfonamides is 1. The molecule has 2 aromatic carbocycles. The Hall–Kier alpha value is -2.79. The number of oxazole rings is 1. The van der Waals surface area contributed by atoms with Crippen molar-refractivity contribution in [1.82, 2.24) is 10.0 Å². The van der Waals surface area contributed by atoms with Gasteiger partial charge in [-0.05, 0) is 55.3 Å². The highest BCUT2D eigenvalue weighted by molar-refractivity contribution is 7.89. The third-order valence-corrected chi connectivity index (χ3v) is 7.22. The summed E-state index contributed by atoms with van der Waals surface area (Å²) in [5.41, 5.74) is 1.37. The van der Waals surface area contributed by atoms with Crippen LogP contribution in [0.15, 0.2) is 51.8 Å². The maximum atomic E-state index is 13.8. The Morgan fingerprint density at radius 1 is 1.18 bits per heavy atom. The average Bonchev–Trinajstić information content (AvgIpc) is 3.25. The Labute approximate surface area is 201 Å². The van der Waals surface area contributed by atoms with Crippen molar-refractivity contribution in [3.63, 3.8) is 0 Å². The molecule has 0 aliphatic heterocycles. The minimum atomic E-state index is -3.88. The number of aromatic nitrogens is 1. The fourth-order valence-corrected chi connectivity index (χ4v) is 4.98. The zero-order valence-electron chi connectivity index (χ0n) is 18.2. The number of nitrogens with zero attached hydrogens (tertiary/aromatic N) is 2. The zero-order valence-corrected chi connectivity index (χ0v) is 19.8. The summed E-state index contributed by atoms with van der Waals surface area (Å²) >= 11 is 6.00. The van der Waals surface area contributed by atoms with Crippen LogP contribution in [0.2, 0.25) is 5.02 Å². The van der Waals surface area contributed by atoms with Gasteiger partial charge in [0.2, 0.25) is 15.9 Å². The fraction of sp³-hybridized carbons (Fsp3) is 0.304. The normalized spacial score (nSPS) is 18.6. The van der Waals surface area contributed by atoms with Crippen molar-refractivity contribution in [3.8, 4) is 22.6 Å². The molecule has 0 spiro atoms. The van der Waals surface area contributed by atoms with Crippen LogP contribution in [-0.4, -0.2) is 36.6 Å². The second-order valence-corrected chi connectivity index (χ2v) is 10.3. The lowest BCUT2D eigenvalue weighted by Crippen LogP contribution is -2.35. The molecule has 1 saturated carbocycles. The summed E-state index contributed by atoms with van der Waals surface area (Å²) in [5, 5.41) is 15.4. The van der Waals surface area contributed by atoms with E-state index in [0.717, 1.165) is 12.8 Å². The number of carbonyl (C=O) groups is 1. The molecule has 11 heteroatoms. The molecule has 1 aliphatic carbocycles. The second-order valence-electron chi connectivity index (χ2n) is 8.29. The van der Waals surface area contributed by atoms with E-state index in [-0.39, 0.29) is 15.8 Å². The first kappa shape index (κ1) is 24.3. The molecular weight excluding hydrogens is 485 g/mol. The number of rotatable bonds is 5. The molecule has 1 aliphatic rings. The lowest BCUT2D eigenvalue weighted by atomic mass is 9.78. The summed E-state index contributed by atoms with van der Waals surface area (Å²) in [5.74, 6) is -1.27. The largest absolute Gasteiger partial charge is 0.440 e. The van der Waals surface area contributed by atoms with E-state index >= 15 is 0 Å². The van der Waals surface area contributed by atoms with Gasteiger partial charge in [0.1, 0.15) is 11.5 Å². The third kappa shape index (κ3) is 4.85. The van der Waals surface area contributed by atoms with E-state index in [1.807, 2.05) is 0 Å². The first-order chi connectivity index (χ1) is 16.1. The van der Waals surface area contributed by atoms with Crippen LogP contribution in [-0.2, 0) is 14.8 Å². The number of nitrogens with two attached hydrogens (primary N) is 1. The van der Waals surface area contributed by atoms with Crippen molar-refractivity contribution >= 4 is 27.5 Å². The molecule has 2 atom stereocenters. The Morgan fingerprint density at radius 3 is 2.44 bits per heavy atom.